The number of fused-ring (bicyclic) bond motifs is 1. The number of hydrogen-bond donors (Lipinski definition) is 1. The van der Waals surface area contributed by atoms with E-state index in [1.165, 1.54) is 24.8 Å². The summed E-state index contributed by atoms with van der Waals surface area (Å²) in [7, 11) is 2.74. The number of halogens is 2. The van der Waals surface area contributed by atoms with E-state index in [1.54, 1.807) is 24.3 Å². The summed E-state index contributed by atoms with van der Waals surface area (Å²) in [6, 6.07) is 8.04. The predicted octanol–water partition coefficient (Wildman–Crippen LogP) is 1.65. The zero-order valence-corrected chi connectivity index (χ0v) is 14.2. The van der Waals surface area contributed by atoms with Gasteiger partial charge < -0.3 is 10.5 Å². The standard InChI is InChI=1S/C18H17F2N3O3/c1-22-14-8-7-12(19)15(20)16(14)23(18(22)25)11-5-3-10(4-6-11)9-13(21)17(24)26-2/h3-8,13H,9,21H2,1-2H3. The first-order chi connectivity index (χ1) is 12.3. The molecular formula is C18H17F2N3O3. The molecule has 0 aliphatic heterocycles. The first-order valence-corrected chi connectivity index (χ1v) is 7.83. The van der Waals surface area contributed by atoms with Crippen molar-refractivity contribution in [2.24, 2.45) is 12.8 Å². The van der Waals surface area contributed by atoms with Crippen molar-refractivity contribution in [1.82, 2.24) is 9.13 Å². The Morgan fingerprint density at radius 3 is 2.46 bits per heavy atom. The number of aromatic nitrogens is 2. The van der Waals surface area contributed by atoms with Gasteiger partial charge in [0.05, 0.1) is 18.3 Å². The van der Waals surface area contributed by atoms with E-state index in [2.05, 4.69) is 4.74 Å². The van der Waals surface area contributed by atoms with Gasteiger partial charge in [0.15, 0.2) is 11.6 Å². The molecule has 26 heavy (non-hydrogen) atoms. The molecule has 0 aliphatic rings. The molecule has 136 valence electrons. The maximum Gasteiger partial charge on any atom is 0.333 e. The van der Waals surface area contributed by atoms with Crippen LogP contribution in [-0.4, -0.2) is 28.3 Å². The second-order valence-electron chi connectivity index (χ2n) is 5.91. The fraction of sp³-hybridized carbons (Fsp3) is 0.222. The van der Waals surface area contributed by atoms with Crippen LogP contribution in [0, 0.1) is 11.6 Å². The molecule has 0 radical (unpaired) electrons. The fourth-order valence-corrected chi connectivity index (χ4v) is 2.87. The van der Waals surface area contributed by atoms with Gasteiger partial charge >= 0.3 is 11.7 Å². The van der Waals surface area contributed by atoms with E-state index >= 15 is 0 Å². The third-order valence-electron chi connectivity index (χ3n) is 4.27. The van der Waals surface area contributed by atoms with Gasteiger partial charge in [-0.25, -0.2) is 13.6 Å². The van der Waals surface area contributed by atoms with Gasteiger partial charge in [0, 0.05) is 7.05 Å². The Hall–Kier alpha value is -3.00. The van der Waals surface area contributed by atoms with Gasteiger partial charge in [0.25, 0.3) is 0 Å². The van der Waals surface area contributed by atoms with Crippen LogP contribution in [0.5, 0.6) is 0 Å². The van der Waals surface area contributed by atoms with Crippen LogP contribution < -0.4 is 11.4 Å². The molecule has 3 rings (SSSR count). The number of aryl methyl sites for hydroxylation is 1. The molecule has 3 aromatic rings. The van der Waals surface area contributed by atoms with Crippen LogP contribution in [0.15, 0.2) is 41.2 Å². The molecule has 0 saturated carbocycles. The maximum atomic E-state index is 14.3. The molecule has 8 heteroatoms. The summed E-state index contributed by atoms with van der Waals surface area (Å²) in [6.45, 7) is 0. The third kappa shape index (κ3) is 2.88. The summed E-state index contributed by atoms with van der Waals surface area (Å²) in [5, 5.41) is 0. The van der Waals surface area contributed by atoms with E-state index in [-0.39, 0.29) is 17.5 Å². The number of esters is 1. The van der Waals surface area contributed by atoms with E-state index in [0.29, 0.717) is 5.69 Å². The van der Waals surface area contributed by atoms with E-state index < -0.39 is 29.3 Å². The predicted molar refractivity (Wildman–Crippen MR) is 92.1 cm³/mol. The van der Waals surface area contributed by atoms with Crippen LogP contribution in [0.1, 0.15) is 5.56 Å². The number of carbonyl (C=O) groups excluding carboxylic acids is 1. The van der Waals surface area contributed by atoms with Crippen LogP contribution in [0.4, 0.5) is 8.78 Å². The lowest BCUT2D eigenvalue weighted by molar-refractivity contribution is -0.142. The van der Waals surface area contributed by atoms with Crippen LogP contribution in [0.25, 0.3) is 16.7 Å². The molecule has 1 unspecified atom stereocenters. The van der Waals surface area contributed by atoms with Crippen molar-refractivity contribution in [2.75, 3.05) is 7.11 Å². The highest BCUT2D eigenvalue weighted by Gasteiger charge is 2.19. The highest BCUT2D eigenvalue weighted by Crippen LogP contribution is 2.22. The molecule has 1 aromatic heterocycles. The van der Waals surface area contributed by atoms with Gasteiger partial charge in [-0.1, -0.05) is 12.1 Å². The molecule has 0 fully saturated rings. The average Bonchev–Trinajstić information content (AvgIpc) is 2.90. The van der Waals surface area contributed by atoms with Gasteiger partial charge in [-0.3, -0.25) is 13.9 Å². The summed E-state index contributed by atoms with van der Waals surface area (Å²) in [6.07, 6.45) is 0.250. The van der Waals surface area contributed by atoms with Gasteiger partial charge in [0.2, 0.25) is 0 Å². The molecule has 1 heterocycles. The SMILES string of the molecule is COC(=O)C(N)Cc1ccc(-n2c(=O)n(C)c3ccc(F)c(F)c32)cc1. The van der Waals surface area contributed by atoms with E-state index in [9.17, 15) is 18.4 Å². The number of imidazole rings is 1. The monoisotopic (exact) mass is 361 g/mol. The van der Waals surface area contributed by atoms with Crippen molar-refractivity contribution < 1.29 is 18.3 Å². The summed E-state index contributed by atoms with van der Waals surface area (Å²) >= 11 is 0. The largest absolute Gasteiger partial charge is 0.468 e. The molecule has 0 amide bonds. The summed E-state index contributed by atoms with van der Waals surface area (Å²) in [5.74, 6) is -2.65. The number of benzene rings is 2. The van der Waals surface area contributed by atoms with Crippen LogP contribution in [0.3, 0.4) is 0 Å². The van der Waals surface area contributed by atoms with Gasteiger partial charge in [-0.2, -0.15) is 0 Å². The van der Waals surface area contributed by atoms with E-state index in [0.717, 1.165) is 16.2 Å². The Kier molecular flexibility index (Phi) is 4.60. The van der Waals surface area contributed by atoms with E-state index in [1.807, 2.05) is 0 Å². The van der Waals surface area contributed by atoms with Crippen LogP contribution in [-0.2, 0) is 23.0 Å². The van der Waals surface area contributed by atoms with Gasteiger partial charge in [-0.15, -0.1) is 0 Å². The first-order valence-electron chi connectivity index (χ1n) is 7.83. The molecule has 2 N–H and O–H groups in total. The van der Waals surface area contributed by atoms with E-state index in [4.69, 9.17) is 5.73 Å². The Morgan fingerprint density at radius 1 is 1.19 bits per heavy atom. The number of methoxy groups -OCH3 is 1. The fourth-order valence-electron chi connectivity index (χ4n) is 2.87. The summed E-state index contributed by atoms with van der Waals surface area (Å²) < 4.78 is 34.9. The number of nitrogens with two attached hydrogens (primary N) is 1. The quantitative estimate of drug-likeness (QED) is 0.717. The first kappa shape index (κ1) is 17.8. The highest BCUT2D eigenvalue weighted by atomic mass is 19.2. The van der Waals surface area contributed by atoms with Crippen LogP contribution >= 0.6 is 0 Å². The minimum atomic E-state index is -1.09. The van der Waals surface area contributed by atoms with Crippen molar-refractivity contribution >= 4 is 17.0 Å². The van der Waals surface area contributed by atoms with Crippen molar-refractivity contribution in [1.29, 1.82) is 0 Å². The normalized spacial score (nSPS) is 12.3. The zero-order valence-electron chi connectivity index (χ0n) is 14.2. The Morgan fingerprint density at radius 2 is 1.85 bits per heavy atom. The van der Waals surface area contributed by atoms with Gasteiger partial charge in [0.1, 0.15) is 11.6 Å². The Bertz CT molecular complexity index is 1040. The van der Waals surface area contributed by atoms with Crippen LogP contribution in [0.2, 0.25) is 0 Å². The molecule has 6 nitrogen and oxygen atoms in total. The lowest BCUT2D eigenvalue weighted by Crippen LogP contribution is -2.33. The minimum absolute atomic E-state index is 0.128. The Labute approximate surface area is 147 Å². The second kappa shape index (κ2) is 6.72. The van der Waals surface area contributed by atoms with Crippen molar-refractivity contribution in [3.05, 3.63) is 64.1 Å². The van der Waals surface area contributed by atoms with Crippen molar-refractivity contribution in [3.8, 4) is 5.69 Å². The minimum Gasteiger partial charge on any atom is -0.468 e. The lowest BCUT2D eigenvalue weighted by atomic mass is 10.1. The van der Waals surface area contributed by atoms with Crippen molar-refractivity contribution in [3.63, 3.8) is 0 Å². The van der Waals surface area contributed by atoms with Gasteiger partial charge in [-0.05, 0) is 36.2 Å². The number of carbonyl (C=O) groups is 1. The third-order valence-corrected chi connectivity index (χ3v) is 4.27. The number of nitrogens with zero attached hydrogens (tertiary/aromatic N) is 2. The number of ether oxygens (including phenoxy) is 1. The smallest absolute Gasteiger partial charge is 0.333 e. The lowest BCUT2D eigenvalue weighted by Gasteiger charge is -2.10. The van der Waals surface area contributed by atoms with Crippen molar-refractivity contribution in [2.45, 2.75) is 12.5 Å². The zero-order chi connectivity index (χ0) is 19.0. The number of hydrogen-bond acceptors (Lipinski definition) is 4. The molecule has 1 atom stereocenters. The molecule has 0 saturated heterocycles. The molecular weight excluding hydrogens is 344 g/mol. The maximum absolute atomic E-state index is 14.3. The molecule has 0 aliphatic carbocycles. The molecule has 0 bridgehead atoms. The summed E-state index contributed by atoms with van der Waals surface area (Å²) in [5.41, 5.74) is 6.50. The molecule has 0 spiro atoms. The average molecular weight is 361 g/mol. The number of rotatable bonds is 4. The molecule has 2 aromatic carbocycles. The topological polar surface area (TPSA) is 79.2 Å². The summed E-state index contributed by atoms with van der Waals surface area (Å²) in [4.78, 5) is 23.9. The second-order valence-corrected chi connectivity index (χ2v) is 5.91. The highest BCUT2D eigenvalue weighted by molar-refractivity contribution is 5.79. The Balaban J connectivity index is 2.05.